The van der Waals surface area contributed by atoms with E-state index < -0.39 is 12.0 Å². The SMILES string of the molecule is CC(C(=O)O)N1CCC2(CCc3ccccc3O2)C1. The number of likely N-dealkylation sites (tertiary alicyclic amines) is 1. The molecule has 2 atom stereocenters. The average molecular weight is 261 g/mol. The number of carboxylic acid groups (broad SMARTS) is 1. The van der Waals surface area contributed by atoms with Gasteiger partial charge in [0.2, 0.25) is 0 Å². The lowest BCUT2D eigenvalue weighted by Crippen LogP contribution is -2.45. The molecule has 2 unspecified atom stereocenters. The van der Waals surface area contributed by atoms with Gasteiger partial charge in [0.15, 0.2) is 0 Å². The Morgan fingerprint density at radius 1 is 1.42 bits per heavy atom. The Hall–Kier alpha value is -1.55. The minimum atomic E-state index is -0.756. The molecule has 0 saturated carbocycles. The lowest BCUT2D eigenvalue weighted by Gasteiger charge is -2.36. The third-order valence-corrected chi connectivity index (χ3v) is 4.40. The van der Waals surface area contributed by atoms with Crippen molar-refractivity contribution in [2.45, 2.75) is 37.8 Å². The van der Waals surface area contributed by atoms with Gasteiger partial charge >= 0.3 is 5.97 Å². The van der Waals surface area contributed by atoms with Crippen molar-refractivity contribution in [1.29, 1.82) is 0 Å². The zero-order chi connectivity index (χ0) is 13.5. The molecule has 4 nitrogen and oxygen atoms in total. The van der Waals surface area contributed by atoms with Crippen LogP contribution in [0, 0.1) is 0 Å². The number of carboxylic acids is 1. The highest BCUT2D eigenvalue weighted by Gasteiger charge is 2.44. The summed E-state index contributed by atoms with van der Waals surface area (Å²) in [5.74, 6) is 0.215. The van der Waals surface area contributed by atoms with Crippen molar-refractivity contribution in [3.63, 3.8) is 0 Å². The molecule has 1 aromatic carbocycles. The second-order valence-corrected chi connectivity index (χ2v) is 5.63. The summed E-state index contributed by atoms with van der Waals surface area (Å²) in [6.07, 6.45) is 2.91. The van der Waals surface area contributed by atoms with E-state index in [1.807, 2.05) is 23.1 Å². The highest BCUT2D eigenvalue weighted by atomic mass is 16.5. The monoisotopic (exact) mass is 261 g/mol. The van der Waals surface area contributed by atoms with E-state index in [9.17, 15) is 4.79 Å². The maximum absolute atomic E-state index is 11.1. The molecule has 0 amide bonds. The molecule has 2 aliphatic heterocycles. The number of ether oxygens (including phenoxy) is 1. The summed E-state index contributed by atoms with van der Waals surface area (Å²) in [5.41, 5.74) is 1.08. The van der Waals surface area contributed by atoms with Gasteiger partial charge in [-0.2, -0.15) is 0 Å². The Kier molecular flexibility index (Phi) is 2.97. The van der Waals surface area contributed by atoms with Gasteiger partial charge in [0.1, 0.15) is 17.4 Å². The fourth-order valence-electron chi connectivity index (χ4n) is 3.11. The summed E-state index contributed by atoms with van der Waals surface area (Å²) in [7, 11) is 0. The van der Waals surface area contributed by atoms with Crippen LogP contribution in [0.3, 0.4) is 0 Å². The molecule has 1 spiro atoms. The molecule has 2 aliphatic rings. The fraction of sp³-hybridized carbons (Fsp3) is 0.533. The molecule has 0 radical (unpaired) electrons. The van der Waals surface area contributed by atoms with Crippen molar-refractivity contribution in [1.82, 2.24) is 4.90 Å². The lowest BCUT2D eigenvalue weighted by atomic mass is 9.90. The van der Waals surface area contributed by atoms with Gasteiger partial charge in [0.25, 0.3) is 0 Å². The van der Waals surface area contributed by atoms with Crippen LogP contribution in [0.25, 0.3) is 0 Å². The molecular formula is C15H19NO3. The summed E-state index contributed by atoms with van der Waals surface area (Å²) in [6, 6.07) is 7.71. The third kappa shape index (κ3) is 2.21. The number of aryl methyl sites for hydroxylation is 1. The average Bonchev–Trinajstić information content (AvgIpc) is 2.81. The standard InChI is InChI=1S/C15H19NO3/c1-11(14(17)18)16-9-8-15(10-16)7-6-12-4-2-3-5-13(12)19-15/h2-5,11H,6-10H2,1H3,(H,17,18). The summed E-state index contributed by atoms with van der Waals surface area (Å²) >= 11 is 0. The lowest BCUT2D eigenvalue weighted by molar-refractivity contribution is -0.142. The first-order valence-electron chi connectivity index (χ1n) is 6.83. The van der Waals surface area contributed by atoms with Crippen molar-refractivity contribution in [2.75, 3.05) is 13.1 Å². The molecular weight excluding hydrogens is 242 g/mol. The Balaban J connectivity index is 1.76. The highest BCUT2D eigenvalue weighted by molar-refractivity contribution is 5.73. The summed E-state index contributed by atoms with van der Waals surface area (Å²) in [4.78, 5) is 13.1. The van der Waals surface area contributed by atoms with Crippen LogP contribution in [0.4, 0.5) is 0 Å². The first kappa shape index (κ1) is 12.5. The highest BCUT2D eigenvalue weighted by Crippen LogP contribution is 2.38. The molecule has 1 fully saturated rings. The number of para-hydroxylation sites is 1. The quantitative estimate of drug-likeness (QED) is 0.883. The molecule has 1 N–H and O–H groups in total. The minimum absolute atomic E-state index is 0.182. The van der Waals surface area contributed by atoms with E-state index in [1.165, 1.54) is 5.56 Å². The Labute approximate surface area is 113 Å². The van der Waals surface area contributed by atoms with Crippen molar-refractivity contribution >= 4 is 5.97 Å². The number of hydrogen-bond acceptors (Lipinski definition) is 3. The van der Waals surface area contributed by atoms with Gasteiger partial charge in [-0.15, -0.1) is 0 Å². The number of nitrogens with zero attached hydrogens (tertiary/aromatic N) is 1. The first-order valence-corrected chi connectivity index (χ1v) is 6.83. The smallest absolute Gasteiger partial charge is 0.320 e. The van der Waals surface area contributed by atoms with E-state index >= 15 is 0 Å². The van der Waals surface area contributed by atoms with Crippen molar-refractivity contribution in [3.05, 3.63) is 29.8 Å². The van der Waals surface area contributed by atoms with E-state index in [2.05, 4.69) is 6.07 Å². The van der Waals surface area contributed by atoms with Gasteiger partial charge < -0.3 is 9.84 Å². The van der Waals surface area contributed by atoms with Crippen LogP contribution in [-0.4, -0.2) is 40.7 Å². The van der Waals surface area contributed by atoms with E-state index in [4.69, 9.17) is 9.84 Å². The fourth-order valence-corrected chi connectivity index (χ4v) is 3.11. The molecule has 2 heterocycles. The number of benzene rings is 1. The Morgan fingerprint density at radius 2 is 2.21 bits per heavy atom. The first-order chi connectivity index (χ1) is 9.10. The predicted octanol–water partition coefficient (Wildman–Crippen LogP) is 1.93. The van der Waals surface area contributed by atoms with Crippen molar-refractivity contribution in [2.24, 2.45) is 0 Å². The van der Waals surface area contributed by atoms with Crippen LogP contribution >= 0.6 is 0 Å². The maximum atomic E-state index is 11.1. The number of rotatable bonds is 2. The molecule has 0 aromatic heterocycles. The minimum Gasteiger partial charge on any atom is -0.486 e. The van der Waals surface area contributed by atoms with E-state index in [1.54, 1.807) is 6.92 Å². The second kappa shape index (κ2) is 4.53. The molecule has 19 heavy (non-hydrogen) atoms. The summed E-state index contributed by atoms with van der Waals surface area (Å²) < 4.78 is 6.21. The molecule has 1 aromatic rings. The summed E-state index contributed by atoms with van der Waals surface area (Å²) in [6.45, 7) is 3.27. The van der Waals surface area contributed by atoms with Gasteiger partial charge in [0.05, 0.1) is 0 Å². The summed E-state index contributed by atoms with van der Waals surface area (Å²) in [5, 5.41) is 9.10. The predicted molar refractivity (Wildman–Crippen MR) is 71.4 cm³/mol. The molecule has 3 rings (SSSR count). The van der Waals surface area contributed by atoms with Crippen molar-refractivity contribution in [3.8, 4) is 5.75 Å². The Bertz CT molecular complexity index is 502. The van der Waals surface area contributed by atoms with Gasteiger partial charge in [-0.25, -0.2) is 0 Å². The largest absolute Gasteiger partial charge is 0.486 e. The number of hydrogen-bond donors (Lipinski definition) is 1. The van der Waals surface area contributed by atoms with Crippen LogP contribution < -0.4 is 4.74 Å². The van der Waals surface area contributed by atoms with E-state index in [0.29, 0.717) is 0 Å². The molecule has 102 valence electrons. The van der Waals surface area contributed by atoms with Crippen molar-refractivity contribution < 1.29 is 14.6 Å². The normalized spacial score (nSPS) is 27.8. The molecule has 0 bridgehead atoms. The van der Waals surface area contributed by atoms with Gasteiger partial charge in [-0.05, 0) is 31.4 Å². The zero-order valence-corrected chi connectivity index (χ0v) is 11.1. The topological polar surface area (TPSA) is 49.8 Å². The molecule has 4 heteroatoms. The van der Waals surface area contributed by atoms with Crippen LogP contribution in [0.2, 0.25) is 0 Å². The number of fused-ring (bicyclic) bond motifs is 1. The van der Waals surface area contributed by atoms with Crippen LogP contribution in [0.1, 0.15) is 25.3 Å². The Morgan fingerprint density at radius 3 is 3.00 bits per heavy atom. The molecule has 1 saturated heterocycles. The van der Waals surface area contributed by atoms with E-state index in [0.717, 1.165) is 38.1 Å². The zero-order valence-electron chi connectivity index (χ0n) is 11.1. The van der Waals surface area contributed by atoms with Crippen LogP contribution in [-0.2, 0) is 11.2 Å². The second-order valence-electron chi connectivity index (χ2n) is 5.63. The third-order valence-electron chi connectivity index (χ3n) is 4.40. The van der Waals surface area contributed by atoms with Gasteiger partial charge in [0, 0.05) is 19.5 Å². The van der Waals surface area contributed by atoms with E-state index in [-0.39, 0.29) is 5.60 Å². The number of carbonyl (C=O) groups is 1. The van der Waals surface area contributed by atoms with Crippen LogP contribution in [0.15, 0.2) is 24.3 Å². The van der Waals surface area contributed by atoms with Gasteiger partial charge in [-0.1, -0.05) is 18.2 Å². The van der Waals surface area contributed by atoms with Gasteiger partial charge in [-0.3, -0.25) is 9.69 Å². The van der Waals surface area contributed by atoms with Crippen LogP contribution in [0.5, 0.6) is 5.75 Å². The number of aliphatic carboxylic acids is 1. The molecule has 0 aliphatic carbocycles. The maximum Gasteiger partial charge on any atom is 0.320 e.